The Morgan fingerprint density at radius 1 is 1.05 bits per heavy atom. The third kappa shape index (κ3) is 3.44. The largest absolute Gasteiger partial charge is 0.486 e. The fraction of sp³-hybridized carbons (Fsp3) is 0.118. The summed E-state index contributed by atoms with van der Waals surface area (Å²) in [5.41, 5.74) is 1.37. The molecule has 0 saturated heterocycles. The molecule has 112 valence electrons. The number of hydrogen-bond donors (Lipinski definition) is 1. The van der Waals surface area contributed by atoms with E-state index in [2.05, 4.69) is 5.32 Å². The average Bonchev–Trinajstić information content (AvgIpc) is 2.54. The number of carbonyl (C=O) groups is 1. The number of anilines is 1. The number of fused-ring (bicyclic) bond motifs is 1. The summed E-state index contributed by atoms with van der Waals surface area (Å²) < 4.78 is 23.7. The summed E-state index contributed by atoms with van der Waals surface area (Å²) in [5, 5.41) is 2.74. The molecule has 1 amide bonds. The van der Waals surface area contributed by atoms with Crippen LogP contribution in [0.4, 0.5) is 10.1 Å². The van der Waals surface area contributed by atoms with E-state index in [4.69, 9.17) is 9.47 Å². The Balaban J connectivity index is 1.65. The number of ether oxygens (including phenoxy) is 2. The van der Waals surface area contributed by atoms with Crippen LogP contribution in [0.2, 0.25) is 0 Å². The van der Waals surface area contributed by atoms with Gasteiger partial charge in [-0.2, -0.15) is 0 Å². The molecule has 0 fully saturated rings. The second-order valence-electron chi connectivity index (χ2n) is 4.73. The van der Waals surface area contributed by atoms with Crippen molar-refractivity contribution in [3.05, 3.63) is 59.9 Å². The first-order valence-corrected chi connectivity index (χ1v) is 6.85. The summed E-state index contributed by atoms with van der Waals surface area (Å²) in [7, 11) is 0. The van der Waals surface area contributed by atoms with Gasteiger partial charge in [0.25, 0.3) is 0 Å². The third-order valence-corrected chi connectivity index (χ3v) is 3.11. The SMILES string of the molecule is O=C(/C=C/c1ccc(F)cc1)Nc1ccc2c(c1)OCCO2. The maximum atomic E-state index is 12.8. The van der Waals surface area contributed by atoms with Gasteiger partial charge in [-0.05, 0) is 35.9 Å². The minimum atomic E-state index is -0.308. The zero-order valence-corrected chi connectivity index (χ0v) is 11.7. The van der Waals surface area contributed by atoms with Gasteiger partial charge in [0.05, 0.1) is 0 Å². The first-order chi connectivity index (χ1) is 10.7. The van der Waals surface area contributed by atoms with Gasteiger partial charge in [0.15, 0.2) is 11.5 Å². The first kappa shape index (κ1) is 14.1. The van der Waals surface area contributed by atoms with E-state index in [-0.39, 0.29) is 11.7 Å². The summed E-state index contributed by atoms with van der Waals surface area (Å²) in [6, 6.07) is 11.1. The zero-order valence-electron chi connectivity index (χ0n) is 11.7. The van der Waals surface area contributed by atoms with E-state index < -0.39 is 0 Å². The summed E-state index contributed by atoms with van der Waals surface area (Å²) in [4.78, 5) is 11.9. The van der Waals surface area contributed by atoms with E-state index in [1.165, 1.54) is 18.2 Å². The van der Waals surface area contributed by atoms with Crippen molar-refractivity contribution in [1.29, 1.82) is 0 Å². The molecule has 2 aromatic rings. The molecule has 0 bridgehead atoms. The van der Waals surface area contributed by atoms with Gasteiger partial charge in [0.1, 0.15) is 19.0 Å². The molecule has 0 radical (unpaired) electrons. The molecule has 1 aliphatic rings. The van der Waals surface area contributed by atoms with Crippen molar-refractivity contribution in [2.45, 2.75) is 0 Å². The van der Waals surface area contributed by atoms with Crippen LogP contribution in [0, 0.1) is 5.82 Å². The quantitative estimate of drug-likeness (QED) is 0.885. The molecule has 0 unspecified atom stereocenters. The third-order valence-electron chi connectivity index (χ3n) is 3.11. The molecule has 0 aliphatic carbocycles. The van der Waals surface area contributed by atoms with Crippen LogP contribution in [-0.2, 0) is 4.79 Å². The van der Waals surface area contributed by atoms with Crippen LogP contribution in [0.25, 0.3) is 6.08 Å². The van der Waals surface area contributed by atoms with Crippen LogP contribution < -0.4 is 14.8 Å². The van der Waals surface area contributed by atoms with Gasteiger partial charge in [-0.1, -0.05) is 12.1 Å². The molecule has 1 aliphatic heterocycles. The van der Waals surface area contributed by atoms with E-state index in [0.29, 0.717) is 30.4 Å². The Morgan fingerprint density at radius 3 is 2.55 bits per heavy atom. The lowest BCUT2D eigenvalue weighted by Crippen LogP contribution is -2.16. The Bertz CT molecular complexity index is 710. The normalized spacial score (nSPS) is 13.1. The van der Waals surface area contributed by atoms with E-state index in [1.807, 2.05) is 0 Å². The first-order valence-electron chi connectivity index (χ1n) is 6.85. The monoisotopic (exact) mass is 299 g/mol. The molecule has 0 spiro atoms. The molecule has 4 nitrogen and oxygen atoms in total. The Kier molecular flexibility index (Phi) is 4.05. The topological polar surface area (TPSA) is 47.6 Å². The number of amides is 1. The zero-order chi connectivity index (χ0) is 15.4. The van der Waals surface area contributed by atoms with Crippen molar-refractivity contribution < 1.29 is 18.7 Å². The molecule has 22 heavy (non-hydrogen) atoms. The lowest BCUT2D eigenvalue weighted by Gasteiger charge is -2.18. The minimum Gasteiger partial charge on any atom is -0.486 e. The fourth-order valence-electron chi connectivity index (χ4n) is 2.05. The molecule has 1 heterocycles. The molecule has 3 rings (SSSR count). The van der Waals surface area contributed by atoms with Gasteiger partial charge in [-0.25, -0.2) is 4.39 Å². The Hall–Kier alpha value is -2.82. The van der Waals surface area contributed by atoms with Crippen molar-refractivity contribution in [2.24, 2.45) is 0 Å². The van der Waals surface area contributed by atoms with Gasteiger partial charge in [-0.15, -0.1) is 0 Å². The fourth-order valence-corrected chi connectivity index (χ4v) is 2.05. The van der Waals surface area contributed by atoms with Crippen molar-refractivity contribution in [2.75, 3.05) is 18.5 Å². The predicted octanol–water partition coefficient (Wildman–Crippen LogP) is 3.25. The van der Waals surface area contributed by atoms with Crippen LogP contribution in [0.15, 0.2) is 48.5 Å². The number of hydrogen-bond acceptors (Lipinski definition) is 3. The highest BCUT2D eigenvalue weighted by Crippen LogP contribution is 2.32. The predicted molar refractivity (Wildman–Crippen MR) is 81.5 cm³/mol. The van der Waals surface area contributed by atoms with Gasteiger partial charge in [-0.3, -0.25) is 4.79 Å². The number of carbonyl (C=O) groups excluding carboxylic acids is 1. The molecule has 0 aromatic heterocycles. The van der Waals surface area contributed by atoms with Gasteiger partial charge < -0.3 is 14.8 Å². The molecular formula is C17H14FNO3. The van der Waals surface area contributed by atoms with Gasteiger partial charge in [0.2, 0.25) is 5.91 Å². The van der Waals surface area contributed by atoms with Crippen molar-refractivity contribution in [3.63, 3.8) is 0 Å². The molecule has 0 saturated carbocycles. The lowest BCUT2D eigenvalue weighted by atomic mass is 10.2. The highest BCUT2D eigenvalue weighted by atomic mass is 19.1. The van der Waals surface area contributed by atoms with Crippen molar-refractivity contribution in [1.82, 2.24) is 0 Å². The van der Waals surface area contributed by atoms with E-state index in [1.54, 1.807) is 36.4 Å². The van der Waals surface area contributed by atoms with Crippen LogP contribution in [-0.4, -0.2) is 19.1 Å². The standard InChI is InChI=1S/C17H14FNO3/c18-13-4-1-12(2-5-13)3-8-17(20)19-14-6-7-15-16(11-14)22-10-9-21-15/h1-8,11H,9-10H2,(H,19,20)/b8-3+. The maximum Gasteiger partial charge on any atom is 0.248 e. The van der Waals surface area contributed by atoms with E-state index in [0.717, 1.165) is 5.56 Å². The van der Waals surface area contributed by atoms with Crippen LogP contribution in [0.1, 0.15) is 5.56 Å². The highest BCUT2D eigenvalue weighted by Gasteiger charge is 2.12. The van der Waals surface area contributed by atoms with Crippen molar-refractivity contribution >= 4 is 17.7 Å². The second-order valence-corrected chi connectivity index (χ2v) is 4.73. The number of rotatable bonds is 3. The molecular weight excluding hydrogens is 285 g/mol. The summed E-state index contributed by atoms with van der Waals surface area (Å²) in [6.07, 6.45) is 3.01. The molecule has 0 atom stereocenters. The van der Waals surface area contributed by atoms with E-state index >= 15 is 0 Å². The Labute approximate surface area is 127 Å². The van der Waals surface area contributed by atoms with Crippen molar-refractivity contribution in [3.8, 4) is 11.5 Å². The molecule has 5 heteroatoms. The van der Waals surface area contributed by atoms with Gasteiger partial charge >= 0.3 is 0 Å². The van der Waals surface area contributed by atoms with Crippen LogP contribution in [0.3, 0.4) is 0 Å². The van der Waals surface area contributed by atoms with E-state index in [9.17, 15) is 9.18 Å². The van der Waals surface area contributed by atoms with Crippen LogP contribution in [0.5, 0.6) is 11.5 Å². The van der Waals surface area contributed by atoms with Crippen LogP contribution >= 0.6 is 0 Å². The summed E-state index contributed by atoms with van der Waals surface area (Å²) in [5.74, 6) is 0.705. The number of halogens is 1. The average molecular weight is 299 g/mol. The highest BCUT2D eigenvalue weighted by molar-refractivity contribution is 6.02. The minimum absolute atomic E-state index is 0.277. The summed E-state index contributed by atoms with van der Waals surface area (Å²) in [6.45, 7) is 1.02. The lowest BCUT2D eigenvalue weighted by molar-refractivity contribution is -0.111. The molecule has 1 N–H and O–H groups in total. The van der Waals surface area contributed by atoms with Gasteiger partial charge in [0, 0.05) is 17.8 Å². The molecule has 2 aromatic carbocycles. The maximum absolute atomic E-state index is 12.8. The second kappa shape index (κ2) is 6.30. The number of nitrogens with one attached hydrogen (secondary N) is 1. The number of benzene rings is 2. The smallest absolute Gasteiger partial charge is 0.248 e. The summed E-state index contributed by atoms with van der Waals surface area (Å²) >= 11 is 0. The Morgan fingerprint density at radius 2 is 1.77 bits per heavy atom.